The molecule has 0 atom stereocenters. The van der Waals surface area contributed by atoms with Crippen molar-refractivity contribution in [2.75, 3.05) is 21.7 Å². The Hall–Kier alpha value is -2.68. The summed E-state index contributed by atoms with van der Waals surface area (Å²) in [6.07, 6.45) is -1.55. The Balaban J connectivity index is 2.20. The molecule has 38 heavy (non-hydrogen) atoms. The molecule has 2 rings (SSSR count). The molecule has 0 heterocycles. The predicted octanol–water partition coefficient (Wildman–Crippen LogP) is 5.66. The van der Waals surface area contributed by atoms with Crippen molar-refractivity contribution in [1.29, 1.82) is 0 Å². The number of sulfone groups is 1. The highest BCUT2D eigenvalue weighted by Crippen LogP contribution is 2.29. The maximum absolute atomic E-state index is 14.9. The molecule has 0 aromatic heterocycles. The molecule has 0 aliphatic rings. The highest BCUT2D eigenvalue weighted by Gasteiger charge is 2.45. The summed E-state index contributed by atoms with van der Waals surface area (Å²) in [5.41, 5.74) is -7.57. The Kier molecular flexibility index (Phi) is 9.97. The molecule has 0 unspecified atom stereocenters. The molecule has 0 aliphatic heterocycles. The highest BCUT2D eigenvalue weighted by molar-refractivity contribution is 7.92. The number of anilines is 3. The number of alkyl halides is 5. The molecule has 0 fully saturated rings. The zero-order valence-electron chi connectivity index (χ0n) is 19.0. The molecule has 17 heteroatoms. The SMILES string of the molecule is CC(Cl)(Cl)CC(=O)Nc1ccc(Cl)c(C(=O)Nc2ccc(F)c(NC(=O)CCS(=O)(=O)C(F)(F)F)c2F)c1. The van der Waals surface area contributed by atoms with Crippen LogP contribution in [0.5, 0.6) is 0 Å². The first-order valence-corrected chi connectivity index (χ1v) is 12.9. The summed E-state index contributed by atoms with van der Waals surface area (Å²) in [6, 6.07) is 5.15. The van der Waals surface area contributed by atoms with Gasteiger partial charge in [-0.15, -0.1) is 23.2 Å². The van der Waals surface area contributed by atoms with E-state index < -0.39 is 72.6 Å². The second kappa shape index (κ2) is 12.0. The molecule has 0 bridgehead atoms. The lowest BCUT2D eigenvalue weighted by Gasteiger charge is -2.15. The number of benzene rings is 2. The zero-order chi connectivity index (χ0) is 29.1. The van der Waals surface area contributed by atoms with Crippen molar-refractivity contribution in [2.24, 2.45) is 0 Å². The van der Waals surface area contributed by atoms with Crippen LogP contribution in [0, 0.1) is 11.6 Å². The number of rotatable bonds is 9. The maximum Gasteiger partial charge on any atom is 0.497 e. The first kappa shape index (κ1) is 31.5. The van der Waals surface area contributed by atoms with Gasteiger partial charge in [-0.2, -0.15) is 13.2 Å². The normalized spacial score (nSPS) is 12.1. The fraction of sp³-hybridized carbons (Fsp3) is 0.286. The van der Waals surface area contributed by atoms with E-state index in [9.17, 15) is 44.8 Å². The standard InChI is InChI=1S/C21H17Cl3F5N3O5S/c1-20(23,24)9-16(34)30-10-2-3-12(22)11(8-10)19(35)31-14-5-4-13(25)18(17(14)26)32-15(33)6-7-38(36,37)21(27,28)29/h2-5,8H,6-7,9H2,1H3,(H,30,34)(H,31,35)(H,32,33). The van der Waals surface area contributed by atoms with Crippen LogP contribution >= 0.6 is 34.8 Å². The second-order valence-electron chi connectivity index (χ2n) is 7.79. The summed E-state index contributed by atoms with van der Waals surface area (Å²) in [6.45, 7) is 1.38. The molecule has 0 saturated carbocycles. The number of amides is 3. The van der Waals surface area contributed by atoms with Gasteiger partial charge in [0.15, 0.2) is 5.82 Å². The third kappa shape index (κ3) is 8.68. The Bertz CT molecular complexity index is 1370. The van der Waals surface area contributed by atoms with E-state index in [1.54, 1.807) is 5.32 Å². The molecule has 2 aromatic carbocycles. The highest BCUT2D eigenvalue weighted by atomic mass is 35.5. The Morgan fingerprint density at radius 3 is 2.16 bits per heavy atom. The lowest BCUT2D eigenvalue weighted by Crippen LogP contribution is -2.28. The van der Waals surface area contributed by atoms with Crippen LogP contribution in [0.25, 0.3) is 0 Å². The zero-order valence-corrected chi connectivity index (χ0v) is 22.1. The van der Waals surface area contributed by atoms with Gasteiger partial charge >= 0.3 is 5.51 Å². The van der Waals surface area contributed by atoms with Crippen molar-refractivity contribution < 1.29 is 44.8 Å². The molecular weight excluding hydrogens is 608 g/mol. The maximum atomic E-state index is 14.9. The number of halogens is 8. The van der Waals surface area contributed by atoms with E-state index in [0.717, 1.165) is 12.1 Å². The molecule has 0 spiro atoms. The molecule has 0 radical (unpaired) electrons. The number of hydrogen-bond donors (Lipinski definition) is 3. The van der Waals surface area contributed by atoms with Gasteiger partial charge in [0, 0.05) is 12.1 Å². The fourth-order valence-electron chi connectivity index (χ4n) is 2.76. The van der Waals surface area contributed by atoms with Crippen molar-refractivity contribution in [3.63, 3.8) is 0 Å². The van der Waals surface area contributed by atoms with Crippen LogP contribution in [0.3, 0.4) is 0 Å². The van der Waals surface area contributed by atoms with Gasteiger partial charge in [0.05, 0.1) is 28.4 Å². The van der Waals surface area contributed by atoms with Crippen LogP contribution in [0.15, 0.2) is 30.3 Å². The number of carbonyl (C=O) groups is 3. The van der Waals surface area contributed by atoms with Gasteiger partial charge in [0.25, 0.3) is 5.91 Å². The average Bonchev–Trinajstić information content (AvgIpc) is 2.76. The third-order valence-corrected chi connectivity index (χ3v) is 6.56. The van der Waals surface area contributed by atoms with E-state index in [0.29, 0.717) is 6.07 Å². The summed E-state index contributed by atoms with van der Waals surface area (Å²) in [4.78, 5) is 36.6. The second-order valence-corrected chi connectivity index (χ2v) is 12.2. The van der Waals surface area contributed by atoms with Crippen molar-refractivity contribution in [3.8, 4) is 0 Å². The molecule has 3 amide bonds. The monoisotopic (exact) mass is 623 g/mol. The van der Waals surface area contributed by atoms with Gasteiger partial charge in [-0.05, 0) is 37.3 Å². The largest absolute Gasteiger partial charge is 0.497 e. The number of carbonyl (C=O) groups excluding carboxylic acids is 3. The van der Waals surface area contributed by atoms with Gasteiger partial charge in [-0.3, -0.25) is 14.4 Å². The quantitative estimate of drug-likeness (QED) is 0.246. The van der Waals surface area contributed by atoms with Crippen molar-refractivity contribution in [1.82, 2.24) is 0 Å². The number of hydrogen-bond acceptors (Lipinski definition) is 5. The molecule has 0 saturated heterocycles. The molecule has 3 N–H and O–H groups in total. The molecular formula is C21H17Cl3F5N3O5S. The smallest absolute Gasteiger partial charge is 0.326 e. The molecule has 8 nitrogen and oxygen atoms in total. The van der Waals surface area contributed by atoms with Gasteiger partial charge in [0.1, 0.15) is 15.8 Å². The first-order chi connectivity index (χ1) is 17.3. The van der Waals surface area contributed by atoms with E-state index in [2.05, 4.69) is 10.6 Å². The van der Waals surface area contributed by atoms with Crippen LogP contribution in [-0.4, -0.2) is 41.7 Å². The van der Waals surface area contributed by atoms with Crippen LogP contribution in [0.1, 0.15) is 30.1 Å². The van der Waals surface area contributed by atoms with Crippen molar-refractivity contribution >= 4 is 79.4 Å². The lowest BCUT2D eigenvalue weighted by molar-refractivity contribution is -0.117. The van der Waals surface area contributed by atoms with Crippen LogP contribution < -0.4 is 16.0 Å². The average molecular weight is 625 g/mol. The Morgan fingerprint density at radius 2 is 1.58 bits per heavy atom. The fourth-order valence-corrected chi connectivity index (χ4v) is 3.89. The topological polar surface area (TPSA) is 121 Å². The summed E-state index contributed by atoms with van der Waals surface area (Å²) < 4.78 is 87.0. The summed E-state index contributed by atoms with van der Waals surface area (Å²) in [7, 11) is -5.64. The summed E-state index contributed by atoms with van der Waals surface area (Å²) >= 11 is 17.6. The Morgan fingerprint density at radius 1 is 0.947 bits per heavy atom. The van der Waals surface area contributed by atoms with Crippen LogP contribution in [0.2, 0.25) is 5.02 Å². The molecule has 208 valence electrons. The molecule has 2 aromatic rings. The van der Waals surface area contributed by atoms with Crippen LogP contribution in [0.4, 0.5) is 39.0 Å². The van der Waals surface area contributed by atoms with Gasteiger partial charge < -0.3 is 16.0 Å². The van der Waals surface area contributed by atoms with E-state index in [1.807, 2.05) is 0 Å². The van der Waals surface area contributed by atoms with Gasteiger partial charge in [0.2, 0.25) is 21.7 Å². The minimum atomic E-state index is -5.64. The number of nitrogens with one attached hydrogen (secondary N) is 3. The minimum Gasteiger partial charge on any atom is -0.326 e. The third-order valence-electron chi connectivity index (χ3n) is 4.52. The van der Waals surface area contributed by atoms with Crippen molar-refractivity contribution in [2.45, 2.75) is 29.6 Å². The van der Waals surface area contributed by atoms with E-state index in [1.165, 1.54) is 19.1 Å². The molecule has 0 aliphatic carbocycles. The Labute approximate surface area is 227 Å². The van der Waals surface area contributed by atoms with E-state index >= 15 is 0 Å². The summed E-state index contributed by atoms with van der Waals surface area (Å²) in [5, 5.41) is 6.05. The first-order valence-electron chi connectivity index (χ1n) is 10.2. The lowest BCUT2D eigenvalue weighted by atomic mass is 10.1. The van der Waals surface area contributed by atoms with Crippen LogP contribution in [-0.2, 0) is 19.4 Å². The minimum absolute atomic E-state index is 0.100. The van der Waals surface area contributed by atoms with E-state index in [4.69, 9.17) is 34.8 Å². The summed E-state index contributed by atoms with van der Waals surface area (Å²) in [5.74, 6) is -7.59. The van der Waals surface area contributed by atoms with Crippen molar-refractivity contribution in [3.05, 3.63) is 52.6 Å². The van der Waals surface area contributed by atoms with Gasteiger partial charge in [-0.25, -0.2) is 17.2 Å². The van der Waals surface area contributed by atoms with E-state index in [-0.39, 0.29) is 22.7 Å². The van der Waals surface area contributed by atoms with Gasteiger partial charge in [-0.1, -0.05) is 11.6 Å². The predicted molar refractivity (Wildman–Crippen MR) is 132 cm³/mol.